The molecule has 2 rings (SSSR count). The molecular weight excluding hydrogens is 368 g/mol. The minimum absolute atomic E-state index is 0.0990. The number of carbonyl (C=O) groups is 1. The zero-order valence-electron chi connectivity index (χ0n) is 13.8. The average molecular weight is 390 g/mol. The van der Waals surface area contributed by atoms with Crippen LogP contribution in [0.5, 0.6) is 0 Å². The van der Waals surface area contributed by atoms with E-state index in [-0.39, 0.29) is 23.4 Å². The van der Waals surface area contributed by atoms with Crippen molar-refractivity contribution in [2.45, 2.75) is 30.7 Å². The van der Waals surface area contributed by atoms with Crippen molar-refractivity contribution in [1.82, 2.24) is 14.3 Å². The molecule has 1 fully saturated rings. The van der Waals surface area contributed by atoms with E-state index in [2.05, 4.69) is 9.44 Å². The van der Waals surface area contributed by atoms with Gasteiger partial charge in [0, 0.05) is 19.1 Å². The number of nitrogens with one attached hydrogen (secondary N) is 2. The van der Waals surface area contributed by atoms with Crippen molar-refractivity contribution in [3.63, 3.8) is 0 Å². The van der Waals surface area contributed by atoms with Gasteiger partial charge in [-0.1, -0.05) is 17.7 Å². The molecule has 0 saturated carbocycles. The van der Waals surface area contributed by atoms with Gasteiger partial charge in [-0.15, -0.1) is 0 Å². The number of aryl methyl sites for hydroxylation is 1. The Morgan fingerprint density at radius 1 is 1.16 bits per heavy atom. The minimum atomic E-state index is -3.77. The topological polar surface area (TPSA) is 139 Å². The first-order chi connectivity index (χ1) is 11.6. The second kappa shape index (κ2) is 7.79. The lowest BCUT2D eigenvalue weighted by Gasteiger charge is -2.31. The highest BCUT2D eigenvalue weighted by Crippen LogP contribution is 2.12. The lowest BCUT2D eigenvalue weighted by Crippen LogP contribution is -2.50. The van der Waals surface area contributed by atoms with E-state index in [9.17, 15) is 21.6 Å². The molecule has 1 saturated heterocycles. The van der Waals surface area contributed by atoms with Gasteiger partial charge in [0.2, 0.25) is 15.9 Å². The molecule has 0 unspecified atom stereocenters. The SMILES string of the molecule is Cc1ccc(S(=O)(=O)NCC(=O)N2CCC(NS(N)(=O)=O)CC2)cc1. The summed E-state index contributed by atoms with van der Waals surface area (Å²) in [5.41, 5.74) is 0.936. The van der Waals surface area contributed by atoms with Gasteiger partial charge in [0.05, 0.1) is 11.4 Å². The molecule has 0 radical (unpaired) electrons. The van der Waals surface area contributed by atoms with Crippen LogP contribution in [0.3, 0.4) is 0 Å². The van der Waals surface area contributed by atoms with Crippen molar-refractivity contribution in [3.8, 4) is 0 Å². The molecule has 1 aromatic rings. The normalized spacial score (nSPS) is 16.8. The van der Waals surface area contributed by atoms with Gasteiger partial charge >= 0.3 is 0 Å². The third kappa shape index (κ3) is 6.04. The lowest BCUT2D eigenvalue weighted by atomic mass is 10.1. The van der Waals surface area contributed by atoms with E-state index in [1.54, 1.807) is 12.1 Å². The van der Waals surface area contributed by atoms with Gasteiger partial charge in [-0.25, -0.2) is 18.3 Å². The van der Waals surface area contributed by atoms with Crippen LogP contribution in [0.25, 0.3) is 0 Å². The predicted molar refractivity (Wildman–Crippen MR) is 92.2 cm³/mol. The summed E-state index contributed by atoms with van der Waals surface area (Å²) < 4.78 is 50.9. The van der Waals surface area contributed by atoms with Gasteiger partial charge in [0.1, 0.15) is 0 Å². The van der Waals surface area contributed by atoms with Crippen LogP contribution in [0, 0.1) is 6.92 Å². The van der Waals surface area contributed by atoms with Crippen LogP contribution in [0.2, 0.25) is 0 Å². The molecule has 1 amide bonds. The third-order valence-electron chi connectivity index (χ3n) is 3.92. The van der Waals surface area contributed by atoms with Gasteiger partial charge in [-0.2, -0.15) is 13.1 Å². The van der Waals surface area contributed by atoms with Crippen LogP contribution in [-0.2, 0) is 25.0 Å². The minimum Gasteiger partial charge on any atom is -0.341 e. The van der Waals surface area contributed by atoms with Gasteiger partial charge < -0.3 is 4.90 Å². The van der Waals surface area contributed by atoms with E-state index in [0.717, 1.165) is 5.56 Å². The Labute approximate surface area is 147 Å². The summed E-state index contributed by atoms with van der Waals surface area (Å²) in [5.74, 6) is -0.357. The number of carbonyl (C=O) groups excluding carboxylic acids is 1. The highest BCUT2D eigenvalue weighted by atomic mass is 32.2. The van der Waals surface area contributed by atoms with Crippen molar-refractivity contribution in [2.24, 2.45) is 5.14 Å². The molecule has 1 aliphatic rings. The monoisotopic (exact) mass is 390 g/mol. The number of nitrogens with two attached hydrogens (primary N) is 1. The number of nitrogens with zero attached hydrogens (tertiary/aromatic N) is 1. The van der Waals surface area contributed by atoms with Crippen LogP contribution in [0.4, 0.5) is 0 Å². The first-order valence-electron chi connectivity index (χ1n) is 7.71. The van der Waals surface area contributed by atoms with Crippen LogP contribution in [0.1, 0.15) is 18.4 Å². The highest BCUT2D eigenvalue weighted by Gasteiger charge is 2.25. The van der Waals surface area contributed by atoms with Gasteiger partial charge in [0.15, 0.2) is 0 Å². The summed E-state index contributed by atoms with van der Waals surface area (Å²) in [7, 11) is -7.52. The summed E-state index contributed by atoms with van der Waals surface area (Å²) in [5, 5.41) is 4.92. The smallest absolute Gasteiger partial charge is 0.274 e. The quantitative estimate of drug-likeness (QED) is 0.575. The summed E-state index contributed by atoms with van der Waals surface area (Å²) >= 11 is 0. The van der Waals surface area contributed by atoms with E-state index in [0.29, 0.717) is 25.9 Å². The number of amides is 1. The zero-order chi connectivity index (χ0) is 18.7. The van der Waals surface area contributed by atoms with Gasteiger partial charge in [0.25, 0.3) is 10.2 Å². The highest BCUT2D eigenvalue weighted by molar-refractivity contribution is 7.89. The van der Waals surface area contributed by atoms with Crippen molar-refractivity contribution in [2.75, 3.05) is 19.6 Å². The molecule has 140 valence electrons. The van der Waals surface area contributed by atoms with Crippen LogP contribution in [-0.4, -0.2) is 53.3 Å². The maximum absolute atomic E-state index is 12.2. The molecule has 0 aromatic heterocycles. The fourth-order valence-corrected chi connectivity index (χ4v) is 4.22. The lowest BCUT2D eigenvalue weighted by molar-refractivity contribution is -0.130. The van der Waals surface area contributed by atoms with E-state index in [1.807, 2.05) is 6.92 Å². The fraction of sp³-hybridized carbons (Fsp3) is 0.500. The Morgan fingerprint density at radius 2 is 1.72 bits per heavy atom. The van der Waals surface area contributed by atoms with Crippen LogP contribution >= 0.6 is 0 Å². The Balaban J connectivity index is 1.86. The molecule has 0 spiro atoms. The van der Waals surface area contributed by atoms with Crippen LogP contribution < -0.4 is 14.6 Å². The van der Waals surface area contributed by atoms with Crippen molar-refractivity contribution < 1.29 is 21.6 Å². The van der Waals surface area contributed by atoms with E-state index in [1.165, 1.54) is 17.0 Å². The molecular formula is C14H22N4O5S2. The van der Waals surface area contributed by atoms with Gasteiger partial charge in [-0.3, -0.25) is 4.79 Å². The number of hydrogen-bond donors (Lipinski definition) is 3. The fourth-order valence-electron chi connectivity index (χ4n) is 2.55. The second-order valence-electron chi connectivity index (χ2n) is 5.96. The molecule has 9 nitrogen and oxygen atoms in total. The van der Waals surface area contributed by atoms with E-state index >= 15 is 0 Å². The summed E-state index contributed by atoms with van der Waals surface area (Å²) in [6.07, 6.45) is 0.847. The average Bonchev–Trinajstić information content (AvgIpc) is 2.52. The van der Waals surface area contributed by atoms with Crippen molar-refractivity contribution in [1.29, 1.82) is 0 Å². The number of likely N-dealkylation sites (tertiary alicyclic amines) is 1. The number of hydrogen-bond acceptors (Lipinski definition) is 5. The Hall–Kier alpha value is -1.53. The van der Waals surface area contributed by atoms with E-state index < -0.39 is 20.2 Å². The second-order valence-corrected chi connectivity index (χ2v) is 9.05. The summed E-state index contributed by atoms with van der Waals surface area (Å²) in [6.45, 7) is 2.17. The van der Waals surface area contributed by atoms with Crippen molar-refractivity contribution in [3.05, 3.63) is 29.8 Å². The molecule has 1 heterocycles. The third-order valence-corrected chi connectivity index (χ3v) is 6.00. The Bertz CT molecular complexity index is 813. The molecule has 25 heavy (non-hydrogen) atoms. The van der Waals surface area contributed by atoms with Crippen molar-refractivity contribution >= 4 is 26.1 Å². The molecule has 11 heteroatoms. The molecule has 1 aliphatic heterocycles. The van der Waals surface area contributed by atoms with Crippen LogP contribution in [0.15, 0.2) is 29.2 Å². The molecule has 0 bridgehead atoms. The largest absolute Gasteiger partial charge is 0.341 e. The maximum atomic E-state index is 12.2. The van der Waals surface area contributed by atoms with E-state index in [4.69, 9.17) is 5.14 Å². The Kier molecular flexibility index (Phi) is 6.16. The summed E-state index contributed by atoms with van der Waals surface area (Å²) in [4.78, 5) is 13.8. The molecule has 0 atom stereocenters. The standard InChI is InChI=1S/C14H22N4O5S2/c1-11-2-4-13(5-3-11)24(20,21)16-10-14(19)18-8-6-12(7-9-18)17-25(15,22)23/h2-5,12,16-17H,6-10H2,1H3,(H2,15,22,23). The number of rotatable bonds is 6. The predicted octanol–water partition coefficient (Wildman–Crippen LogP) is -0.943. The molecule has 1 aromatic carbocycles. The van der Waals surface area contributed by atoms with Gasteiger partial charge in [-0.05, 0) is 31.9 Å². The molecule has 0 aliphatic carbocycles. The Morgan fingerprint density at radius 3 is 2.24 bits per heavy atom. The maximum Gasteiger partial charge on any atom is 0.274 e. The zero-order valence-corrected chi connectivity index (χ0v) is 15.4. The number of benzene rings is 1. The first kappa shape index (κ1) is 19.8. The number of piperidine rings is 1. The first-order valence-corrected chi connectivity index (χ1v) is 10.7. The summed E-state index contributed by atoms with van der Waals surface area (Å²) in [6, 6.07) is 6.00. The number of sulfonamides is 1. The molecule has 4 N–H and O–H groups in total.